The highest BCUT2D eigenvalue weighted by molar-refractivity contribution is 7.97. The first-order valence-electron chi connectivity index (χ1n) is 11.8. The minimum absolute atomic E-state index is 0.0715. The number of carbonyl (C=O) groups excluding carboxylic acids is 1. The third-order valence-corrected chi connectivity index (χ3v) is 8.16. The van der Waals surface area contributed by atoms with Gasteiger partial charge in [0.2, 0.25) is 0 Å². The molecule has 0 aliphatic rings. The lowest BCUT2D eigenvalue weighted by atomic mass is 10.2. The Morgan fingerprint density at radius 2 is 1.80 bits per heavy atom. The molecule has 1 heterocycles. The molecule has 1 amide bonds. The SMILES string of the molecule is C#C.CN(CCN(CC(=O)NO)S(=O)c1cc(F)c(Oc2ccc(Cl)cc2)c(F)c1)Sc1cccc2cnccc12. The summed E-state index contributed by atoms with van der Waals surface area (Å²) in [6.07, 6.45) is 11.5. The van der Waals surface area contributed by atoms with Crippen LogP contribution in [0, 0.1) is 24.5 Å². The molecule has 0 aliphatic carbocycles. The molecule has 2 N–H and O–H groups in total. The minimum atomic E-state index is -2.14. The van der Waals surface area contributed by atoms with Crippen molar-refractivity contribution in [1.29, 1.82) is 0 Å². The first-order valence-corrected chi connectivity index (χ1v) is 14.1. The maximum atomic E-state index is 14.8. The number of hydrogen-bond donors (Lipinski definition) is 2. The Balaban J connectivity index is 0.00000226. The van der Waals surface area contributed by atoms with Crippen molar-refractivity contribution in [3.05, 3.63) is 89.7 Å². The molecular weight excluding hydrogens is 594 g/mol. The summed E-state index contributed by atoms with van der Waals surface area (Å²) < 4.78 is 51.4. The molecule has 0 saturated heterocycles. The first kappa shape index (κ1) is 32.0. The number of nitrogens with one attached hydrogen (secondary N) is 1. The van der Waals surface area contributed by atoms with Crippen LogP contribution in [-0.2, 0) is 15.8 Å². The second kappa shape index (κ2) is 15.4. The fraction of sp³-hybridized carbons (Fsp3) is 0.143. The summed E-state index contributed by atoms with van der Waals surface area (Å²) in [4.78, 5) is 16.8. The van der Waals surface area contributed by atoms with E-state index in [0.717, 1.165) is 27.8 Å². The van der Waals surface area contributed by atoms with Gasteiger partial charge in [0.1, 0.15) is 16.7 Å². The average Bonchev–Trinajstić information content (AvgIpc) is 2.98. The molecule has 4 rings (SSSR count). The van der Waals surface area contributed by atoms with Gasteiger partial charge in [-0.25, -0.2) is 27.1 Å². The van der Waals surface area contributed by atoms with E-state index in [4.69, 9.17) is 21.5 Å². The van der Waals surface area contributed by atoms with Gasteiger partial charge in [0.15, 0.2) is 17.4 Å². The minimum Gasteiger partial charge on any atom is -0.451 e. The van der Waals surface area contributed by atoms with Crippen molar-refractivity contribution in [2.45, 2.75) is 9.79 Å². The van der Waals surface area contributed by atoms with E-state index >= 15 is 0 Å². The number of carbonyl (C=O) groups is 1. The van der Waals surface area contributed by atoms with Crippen LogP contribution in [0.2, 0.25) is 5.02 Å². The van der Waals surface area contributed by atoms with E-state index < -0.39 is 40.8 Å². The lowest BCUT2D eigenvalue weighted by Gasteiger charge is -2.24. The summed E-state index contributed by atoms with van der Waals surface area (Å²) in [5.74, 6) is -3.48. The van der Waals surface area contributed by atoms with Gasteiger partial charge in [-0.05, 0) is 72.9 Å². The molecule has 0 saturated carbocycles. The molecule has 4 aromatic rings. The van der Waals surface area contributed by atoms with E-state index in [1.165, 1.54) is 46.0 Å². The molecule has 1 aromatic heterocycles. The lowest BCUT2D eigenvalue weighted by Crippen LogP contribution is -2.40. The quantitative estimate of drug-likeness (QED) is 0.0967. The summed E-state index contributed by atoms with van der Waals surface area (Å²) in [5.41, 5.74) is 1.50. The van der Waals surface area contributed by atoms with E-state index in [9.17, 15) is 17.8 Å². The molecule has 1 unspecified atom stereocenters. The number of hydroxylamine groups is 1. The number of fused-ring (bicyclic) bond motifs is 1. The summed E-state index contributed by atoms with van der Waals surface area (Å²) in [6, 6.07) is 15.4. The monoisotopic (exact) mass is 618 g/mol. The van der Waals surface area contributed by atoms with Gasteiger partial charge < -0.3 is 4.74 Å². The van der Waals surface area contributed by atoms with Crippen LogP contribution in [0.3, 0.4) is 0 Å². The zero-order chi connectivity index (χ0) is 29.9. The number of nitrogens with zero attached hydrogens (tertiary/aromatic N) is 3. The van der Waals surface area contributed by atoms with Crippen LogP contribution < -0.4 is 10.2 Å². The fourth-order valence-electron chi connectivity index (χ4n) is 3.56. The molecule has 0 bridgehead atoms. The van der Waals surface area contributed by atoms with E-state index in [1.54, 1.807) is 12.4 Å². The molecular formula is C28H25ClF2N4O4S2. The van der Waals surface area contributed by atoms with Gasteiger partial charge in [0, 0.05) is 40.8 Å². The summed E-state index contributed by atoms with van der Waals surface area (Å²) in [5, 5.41) is 11.4. The number of terminal acetylenes is 1. The van der Waals surface area contributed by atoms with Crippen LogP contribution in [0.15, 0.2) is 82.8 Å². The Kier molecular flexibility index (Phi) is 12.0. The molecule has 3 aromatic carbocycles. The number of halogens is 3. The largest absolute Gasteiger partial charge is 0.451 e. The third kappa shape index (κ3) is 8.71. The van der Waals surface area contributed by atoms with Gasteiger partial charge in [-0.2, -0.15) is 0 Å². The number of ether oxygens (including phenoxy) is 1. The van der Waals surface area contributed by atoms with Crippen molar-refractivity contribution < 1.29 is 27.7 Å². The Bertz CT molecular complexity index is 1510. The molecule has 0 aliphatic heterocycles. The average molecular weight is 619 g/mol. The van der Waals surface area contributed by atoms with E-state index in [0.29, 0.717) is 11.6 Å². The molecule has 8 nitrogen and oxygen atoms in total. The van der Waals surface area contributed by atoms with Crippen LogP contribution >= 0.6 is 23.5 Å². The summed E-state index contributed by atoms with van der Waals surface area (Å²) in [7, 11) is -0.323. The van der Waals surface area contributed by atoms with E-state index in [2.05, 4.69) is 17.8 Å². The predicted molar refractivity (Wildman–Crippen MR) is 156 cm³/mol. The van der Waals surface area contributed by atoms with Crippen molar-refractivity contribution >= 4 is 51.2 Å². The number of benzene rings is 3. The lowest BCUT2D eigenvalue weighted by molar-refractivity contribution is -0.129. The normalized spacial score (nSPS) is 11.6. The first-order chi connectivity index (χ1) is 19.7. The number of pyridine rings is 1. The van der Waals surface area contributed by atoms with Crippen molar-refractivity contribution in [1.82, 2.24) is 19.1 Å². The van der Waals surface area contributed by atoms with Crippen LogP contribution in [0.4, 0.5) is 8.78 Å². The van der Waals surface area contributed by atoms with Crippen molar-refractivity contribution in [3.8, 4) is 24.3 Å². The molecule has 214 valence electrons. The van der Waals surface area contributed by atoms with Crippen molar-refractivity contribution in [3.63, 3.8) is 0 Å². The van der Waals surface area contributed by atoms with E-state index in [-0.39, 0.29) is 17.2 Å². The standard InChI is InChI=1S/C26H23ClF2N4O4S2.C2H2/c1-32(38-24-4-2-3-17-15-30-10-9-21(17)24)11-12-33(16-25(34)31-35)39(36)20-13-22(28)26(23(29)14-20)37-19-7-5-18(27)6-8-19;1-2/h2-10,13-15,35H,11-12,16H2,1H3,(H,31,34);1-2H. The van der Waals surface area contributed by atoms with Gasteiger partial charge in [-0.3, -0.25) is 15.0 Å². The summed E-state index contributed by atoms with van der Waals surface area (Å²) >= 11 is 7.27. The Labute approximate surface area is 248 Å². The van der Waals surface area contributed by atoms with Gasteiger partial charge in [-0.1, -0.05) is 23.7 Å². The topological polar surface area (TPSA) is 95.0 Å². The van der Waals surface area contributed by atoms with Crippen molar-refractivity contribution in [2.75, 3.05) is 26.7 Å². The van der Waals surface area contributed by atoms with Crippen LogP contribution in [0.5, 0.6) is 11.5 Å². The van der Waals surface area contributed by atoms with Crippen LogP contribution in [-0.4, -0.2) is 55.6 Å². The third-order valence-electron chi connectivity index (χ3n) is 5.45. The van der Waals surface area contributed by atoms with Crippen LogP contribution in [0.25, 0.3) is 10.8 Å². The number of rotatable bonds is 11. The Hall–Kier alpha value is -3.57. The maximum absolute atomic E-state index is 14.8. The van der Waals surface area contributed by atoms with Gasteiger partial charge in [-0.15, -0.1) is 12.8 Å². The van der Waals surface area contributed by atoms with Gasteiger partial charge >= 0.3 is 0 Å². The second-order valence-electron chi connectivity index (χ2n) is 8.22. The summed E-state index contributed by atoms with van der Waals surface area (Å²) in [6.45, 7) is -0.0880. The Morgan fingerprint density at radius 1 is 1.12 bits per heavy atom. The Morgan fingerprint density at radius 3 is 2.46 bits per heavy atom. The number of hydrogen-bond acceptors (Lipinski definition) is 7. The van der Waals surface area contributed by atoms with Gasteiger partial charge in [0.05, 0.1) is 11.4 Å². The predicted octanol–water partition coefficient (Wildman–Crippen LogP) is 5.68. The zero-order valence-electron chi connectivity index (χ0n) is 21.7. The zero-order valence-corrected chi connectivity index (χ0v) is 24.1. The highest BCUT2D eigenvalue weighted by atomic mass is 35.5. The highest BCUT2D eigenvalue weighted by Gasteiger charge is 2.23. The molecule has 13 heteroatoms. The number of aromatic nitrogens is 1. The highest BCUT2D eigenvalue weighted by Crippen LogP contribution is 2.31. The molecule has 41 heavy (non-hydrogen) atoms. The maximum Gasteiger partial charge on any atom is 0.258 e. The molecule has 0 fully saturated rings. The van der Waals surface area contributed by atoms with Gasteiger partial charge in [0.25, 0.3) is 5.91 Å². The molecule has 0 radical (unpaired) electrons. The number of amides is 1. The fourth-order valence-corrected chi connectivity index (χ4v) is 5.81. The van der Waals surface area contributed by atoms with E-state index in [1.807, 2.05) is 35.6 Å². The second-order valence-corrected chi connectivity index (χ2v) is 11.4. The molecule has 0 spiro atoms. The number of likely N-dealkylation sites (N-methyl/N-ethyl adjacent to an activating group) is 1. The van der Waals surface area contributed by atoms with Crippen LogP contribution in [0.1, 0.15) is 0 Å². The molecule has 1 atom stereocenters. The smallest absolute Gasteiger partial charge is 0.258 e. The van der Waals surface area contributed by atoms with Crippen molar-refractivity contribution in [2.24, 2.45) is 0 Å².